The number of carbonyl (C=O) groups excluding carboxylic acids is 1. The molecule has 0 aromatic rings. The number of esters is 1. The monoisotopic (exact) mass is 834 g/mol. The largest absolute Gasteiger partial charge is 0.478 e. The molecule has 0 bridgehead atoms. The van der Waals surface area contributed by atoms with Crippen LogP contribution >= 0.6 is 0 Å². The summed E-state index contributed by atoms with van der Waals surface area (Å²) in [5, 5.41) is 75.3. The maximum absolute atomic E-state index is 14.1. The highest BCUT2D eigenvalue weighted by molar-refractivity contribution is 5.95. The van der Waals surface area contributed by atoms with Crippen LogP contribution in [0, 0.1) is 11.8 Å². The van der Waals surface area contributed by atoms with E-state index in [1.54, 1.807) is 30.9 Å². The van der Waals surface area contributed by atoms with Crippen molar-refractivity contribution in [2.24, 2.45) is 22.6 Å². The third-order valence-corrected chi connectivity index (χ3v) is 11.0. The van der Waals surface area contributed by atoms with Gasteiger partial charge in [-0.1, -0.05) is 30.2 Å². The van der Waals surface area contributed by atoms with Gasteiger partial charge in [0.05, 0.1) is 48.3 Å². The zero-order valence-corrected chi connectivity index (χ0v) is 33.9. The Balaban J connectivity index is 1.62. The van der Waals surface area contributed by atoms with Crippen LogP contribution in [0.2, 0.25) is 0 Å². The molecule has 5 aliphatic rings. The Bertz CT molecular complexity index is 1630. The Morgan fingerprint density at radius 3 is 2.46 bits per heavy atom. The minimum absolute atomic E-state index is 0.0805. The van der Waals surface area contributed by atoms with Gasteiger partial charge in [-0.2, -0.15) is 0 Å². The first-order valence-corrected chi connectivity index (χ1v) is 20.6. The first-order chi connectivity index (χ1) is 28.3. The lowest BCUT2D eigenvalue weighted by atomic mass is 9.80. The summed E-state index contributed by atoms with van der Waals surface area (Å²) < 4.78 is 30.4. The summed E-state index contributed by atoms with van der Waals surface area (Å²) in [5.74, 6) is -6.50. The number of guanidine groups is 1. The number of aliphatic hydroxyl groups excluding tert-OH is 4. The van der Waals surface area contributed by atoms with Gasteiger partial charge in [-0.3, -0.25) is 4.99 Å². The van der Waals surface area contributed by atoms with E-state index in [0.717, 1.165) is 50.5 Å². The molecule has 3 aliphatic heterocycles. The number of aliphatic carboxylic acids is 1. The third kappa shape index (κ3) is 11.9. The van der Waals surface area contributed by atoms with Crippen LogP contribution in [0.15, 0.2) is 63.7 Å². The fourth-order valence-corrected chi connectivity index (χ4v) is 8.01. The molecule has 330 valence electrons. The van der Waals surface area contributed by atoms with Gasteiger partial charge in [-0.05, 0) is 77.2 Å². The van der Waals surface area contributed by atoms with E-state index in [9.17, 15) is 45.3 Å². The number of aliphatic hydroxyl groups is 6. The summed E-state index contributed by atoms with van der Waals surface area (Å²) in [4.78, 5) is 32.6. The number of hydrogen-bond acceptors (Lipinski definition) is 15. The Morgan fingerprint density at radius 1 is 1.08 bits per heavy atom. The molecule has 5 rings (SSSR count). The van der Waals surface area contributed by atoms with Crippen molar-refractivity contribution in [3.8, 4) is 0 Å². The van der Waals surface area contributed by atoms with E-state index in [1.165, 1.54) is 12.5 Å². The van der Waals surface area contributed by atoms with Crippen molar-refractivity contribution in [1.82, 2.24) is 10.2 Å². The number of aliphatic imine (C=N–C) groups is 1. The van der Waals surface area contributed by atoms with Crippen LogP contribution in [0.25, 0.3) is 0 Å². The number of rotatable bonds is 17. The number of ether oxygens (including phenoxy) is 5. The van der Waals surface area contributed by atoms with Crippen molar-refractivity contribution in [3.05, 3.63) is 58.7 Å². The van der Waals surface area contributed by atoms with Gasteiger partial charge in [-0.15, -0.1) is 0 Å². The first-order valence-electron chi connectivity index (χ1n) is 20.6. The summed E-state index contributed by atoms with van der Waals surface area (Å²) >= 11 is 0. The van der Waals surface area contributed by atoms with Gasteiger partial charge in [0.15, 0.2) is 18.4 Å². The molecule has 3 heterocycles. The van der Waals surface area contributed by atoms with Gasteiger partial charge in [0.1, 0.15) is 18.3 Å². The average molecular weight is 835 g/mol. The molecule has 59 heavy (non-hydrogen) atoms. The Hall–Kier alpha value is -3.85. The minimum atomic E-state index is -2.91. The number of nitrogens with two attached hydrogens (primary N) is 1. The van der Waals surface area contributed by atoms with Gasteiger partial charge in [-0.25, -0.2) is 9.59 Å². The Morgan fingerprint density at radius 2 is 1.81 bits per heavy atom. The molecule has 0 aromatic carbocycles. The Kier molecular flexibility index (Phi) is 16.9. The molecule has 18 heteroatoms. The van der Waals surface area contributed by atoms with E-state index in [2.05, 4.69) is 10.3 Å². The van der Waals surface area contributed by atoms with Gasteiger partial charge in [0.25, 0.3) is 0 Å². The lowest BCUT2D eigenvalue weighted by molar-refractivity contribution is -0.413. The van der Waals surface area contributed by atoms with E-state index < -0.39 is 73.2 Å². The SMILES string of the molecule is CC(C)OC1C(OC2OC=C(C(=O)OC3CCCC3)C(C=CC3=C(NC(N)=NCCCO)C(C(=O)O)=CN(CCO)C3)C2C=C2CCCCC2)OC(CO)C(O)C1(O)O. The Labute approximate surface area is 344 Å². The fourth-order valence-electron chi connectivity index (χ4n) is 8.01. The van der Waals surface area contributed by atoms with Crippen LogP contribution in [0.3, 0.4) is 0 Å². The number of hydrogen-bond donors (Lipinski definition) is 9. The molecule has 7 unspecified atom stereocenters. The van der Waals surface area contributed by atoms with Crippen molar-refractivity contribution in [3.63, 3.8) is 0 Å². The maximum atomic E-state index is 14.1. The zero-order valence-electron chi connectivity index (χ0n) is 33.9. The van der Waals surface area contributed by atoms with E-state index in [-0.39, 0.29) is 61.8 Å². The molecule has 1 saturated heterocycles. The average Bonchev–Trinajstić information content (AvgIpc) is 3.71. The molecular weight excluding hydrogens is 772 g/mol. The zero-order chi connectivity index (χ0) is 42.7. The highest BCUT2D eigenvalue weighted by atomic mass is 16.8. The smallest absolute Gasteiger partial charge is 0.339 e. The van der Waals surface area contributed by atoms with Crippen molar-refractivity contribution in [2.75, 3.05) is 39.5 Å². The highest BCUT2D eigenvalue weighted by Gasteiger charge is 2.57. The number of allylic oxidation sites excluding steroid dienone is 2. The molecule has 0 radical (unpaired) electrons. The topological polar surface area (TPSA) is 276 Å². The summed E-state index contributed by atoms with van der Waals surface area (Å²) in [5.41, 5.74) is 7.84. The highest BCUT2D eigenvalue weighted by Crippen LogP contribution is 2.41. The van der Waals surface area contributed by atoms with Crippen LogP contribution in [0.1, 0.15) is 78.1 Å². The van der Waals surface area contributed by atoms with Crippen LogP contribution < -0.4 is 11.1 Å². The molecule has 7 atom stereocenters. The van der Waals surface area contributed by atoms with E-state index >= 15 is 0 Å². The summed E-state index contributed by atoms with van der Waals surface area (Å²) in [6.07, 6.45) is 7.32. The quantitative estimate of drug-likeness (QED) is 0.0245. The second kappa shape index (κ2) is 21.6. The lowest BCUT2D eigenvalue weighted by Gasteiger charge is -2.48. The van der Waals surface area contributed by atoms with Crippen molar-refractivity contribution < 1.29 is 69.0 Å². The molecule has 10 N–H and O–H groups in total. The molecule has 0 spiro atoms. The number of nitrogens with zero attached hydrogens (tertiary/aromatic N) is 2. The van der Waals surface area contributed by atoms with Crippen molar-refractivity contribution in [1.29, 1.82) is 0 Å². The molecule has 2 saturated carbocycles. The molecule has 0 amide bonds. The number of carboxylic acids is 1. The molecule has 0 aromatic heterocycles. The molecular formula is C41H62N4O14. The van der Waals surface area contributed by atoms with Crippen LogP contribution in [-0.4, -0.2) is 147 Å². The van der Waals surface area contributed by atoms with E-state index in [1.807, 2.05) is 6.08 Å². The van der Waals surface area contributed by atoms with Gasteiger partial charge < -0.3 is 75.4 Å². The van der Waals surface area contributed by atoms with Crippen LogP contribution in [0.4, 0.5) is 0 Å². The predicted octanol–water partition coefficient (Wildman–Crippen LogP) is 0.778. The molecule has 2 aliphatic carbocycles. The van der Waals surface area contributed by atoms with Crippen molar-refractivity contribution >= 4 is 17.9 Å². The normalized spacial score (nSPS) is 29.4. The molecule has 18 nitrogen and oxygen atoms in total. The van der Waals surface area contributed by atoms with Gasteiger partial charge >= 0.3 is 11.9 Å². The van der Waals surface area contributed by atoms with Crippen LogP contribution in [-0.2, 0) is 33.3 Å². The second-order valence-electron chi connectivity index (χ2n) is 15.8. The van der Waals surface area contributed by atoms with Gasteiger partial charge in [0, 0.05) is 38.4 Å². The standard InChI is InChI=1S/C41H62N4O14/c1-24(2)56-35-39(58-32(22-48)34(49)41(35,53)54)59-38-29(19-25-9-4-3-5-10-25)28(31(23-55-38)37(52)57-27-11-6-7-12-27)14-13-26-20-45(16-18-47)21-30(36(50)51)33(26)44-40(42)43-15-8-17-46/h13-14,19,21,23-24,27-29,32,34-35,38-39,46-49,53-54H,3-12,15-18,20,22H2,1-2H3,(H,50,51)(H3,42,43,44). The van der Waals surface area contributed by atoms with Crippen LogP contribution in [0.5, 0.6) is 0 Å². The number of nitrogens with one attached hydrogen (secondary N) is 1. The van der Waals surface area contributed by atoms with E-state index in [4.69, 9.17) is 29.4 Å². The molecule has 3 fully saturated rings. The predicted molar refractivity (Wildman–Crippen MR) is 211 cm³/mol. The summed E-state index contributed by atoms with van der Waals surface area (Å²) in [7, 11) is 0. The minimum Gasteiger partial charge on any atom is -0.478 e. The number of carbonyl (C=O) groups is 2. The maximum Gasteiger partial charge on any atom is 0.339 e. The number of β-amino-alcohol motifs (C(OH)–C–C–N with tert-alkyl or cyclic N) is 1. The lowest BCUT2D eigenvalue weighted by Crippen LogP contribution is -2.69. The van der Waals surface area contributed by atoms with Gasteiger partial charge in [0.2, 0.25) is 12.1 Å². The second-order valence-corrected chi connectivity index (χ2v) is 15.8. The summed E-state index contributed by atoms with van der Waals surface area (Å²) in [6, 6.07) is 0. The summed E-state index contributed by atoms with van der Waals surface area (Å²) in [6.45, 7) is 2.59. The number of carboxylic acid groups (broad SMARTS) is 1. The third-order valence-electron chi connectivity index (χ3n) is 11.0. The van der Waals surface area contributed by atoms with E-state index in [0.29, 0.717) is 24.8 Å². The van der Waals surface area contributed by atoms with Crippen molar-refractivity contribution in [2.45, 2.75) is 127 Å². The first kappa shape index (κ1) is 46.2. The fraction of sp³-hybridized carbons (Fsp3) is 0.683.